The maximum Gasteiger partial charge on any atom is 0.405 e. The summed E-state index contributed by atoms with van der Waals surface area (Å²) in [6.07, 6.45) is 2.61. The first-order valence-electron chi connectivity index (χ1n) is 8.11. The van der Waals surface area contributed by atoms with E-state index in [1.807, 2.05) is 18.2 Å². The van der Waals surface area contributed by atoms with Crippen LogP contribution >= 0.6 is 22.6 Å². The monoisotopic (exact) mass is 441 g/mol. The zero-order chi connectivity index (χ0) is 18.0. The first-order chi connectivity index (χ1) is 11.2. The molecule has 1 fully saturated rings. The lowest BCUT2D eigenvalue weighted by Crippen LogP contribution is -2.51. The van der Waals surface area contributed by atoms with Gasteiger partial charge < -0.3 is 15.8 Å². The van der Waals surface area contributed by atoms with Crippen molar-refractivity contribution in [3.63, 3.8) is 0 Å². The van der Waals surface area contributed by atoms with Crippen LogP contribution in [0.5, 0.6) is 0 Å². The van der Waals surface area contributed by atoms with Crippen molar-refractivity contribution in [1.82, 2.24) is 0 Å². The Bertz CT molecular complexity index is 653. The fraction of sp³-hybridized carbons (Fsp3) is 0.556. The number of hydrogen-bond donors (Lipinski definition) is 2. The molecule has 0 aliphatic heterocycles. The molecule has 0 unspecified atom stereocenters. The van der Waals surface area contributed by atoms with E-state index >= 15 is 0 Å². The number of nitrogens with zero attached hydrogens (tertiary/aromatic N) is 1. The molecule has 6 heteroatoms. The van der Waals surface area contributed by atoms with Gasteiger partial charge in [0.15, 0.2) is 0 Å². The molecule has 1 saturated carbocycles. The number of carbonyl (C=O) groups excluding carboxylic acids is 1. The maximum atomic E-state index is 11.4. The molecule has 5 nitrogen and oxygen atoms in total. The van der Waals surface area contributed by atoms with Gasteiger partial charge in [-0.05, 0) is 66.5 Å². The number of nitriles is 1. The fourth-order valence-electron chi connectivity index (χ4n) is 3.35. The molecular weight excluding hydrogens is 417 g/mol. The highest BCUT2D eigenvalue weighted by Gasteiger charge is 2.47. The van der Waals surface area contributed by atoms with Crippen molar-refractivity contribution in [2.24, 2.45) is 11.1 Å². The predicted octanol–water partition coefficient (Wildman–Crippen LogP) is 4.40. The molecule has 1 aromatic carbocycles. The second kappa shape index (κ2) is 7.18. The van der Waals surface area contributed by atoms with Gasteiger partial charge in [0, 0.05) is 20.7 Å². The Labute approximate surface area is 157 Å². The van der Waals surface area contributed by atoms with E-state index in [0.717, 1.165) is 34.9 Å². The molecule has 2 rings (SSSR count). The van der Waals surface area contributed by atoms with Gasteiger partial charge in [-0.2, -0.15) is 5.26 Å². The molecule has 1 aliphatic carbocycles. The Kier molecular flexibility index (Phi) is 5.63. The van der Waals surface area contributed by atoms with Gasteiger partial charge >= 0.3 is 6.09 Å². The summed E-state index contributed by atoms with van der Waals surface area (Å²) in [6, 6.07) is 8.11. The highest BCUT2D eigenvalue weighted by Crippen LogP contribution is 2.45. The normalized spacial score (nSPS) is 24.0. The number of primary amides is 1. The van der Waals surface area contributed by atoms with Gasteiger partial charge in [0.05, 0.1) is 11.6 Å². The lowest BCUT2D eigenvalue weighted by atomic mass is 9.67. The summed E-state index contributed by atoms with van der Waals surface area (Å²) in [6.45, 7) is 6.26. The largest absolute Gasteiger partial charge is 0.443 e. The molecule has 130 valence electrons. The Morgan fingerprint density at radius 3 is 2.54 bits per heavy atom. The molecule has 0 spiro atoms. The Balaban J connectivity index is 2.09. The number of amides is 1. The third-order valence-electron chi connectivity index (χ3n) is 4.91. The molecule has 0 aromatic heterocycles. The van der Waals surface area contributed by atoms with Gasteiger partial charge in [-0.15, -0.1) is 0 Å². The van der Waals surface area contributed by atoms with Crippen molar-refractivity contribution in [3.8, 4) is 6.07 Å². The number of anilines is 1. The Hall–Kier alpha value is -1.49. The Morgan fingerprint density at radius 2 is 2.04 bits per heavy atom. The van der Waals surface area contributed by atoms with Crippen LogP contribution in [0.3, 0.4) is 0 Å². The lowest BCUT2D eigenvalue weighted by Gasteiger charge is -2.47. The van der Waals surface area contributed by atoms with Crippen LogP contribution in [0.15, 0.2) is 18.2 Å². The van der Waals surface area contributed by atoms with Crippen LogP contribution in [0.2, 0.25) is 0 Å². The third kappa shape index (κ3) is 4.12. The molecule has 1 aliphatic rings. The molecule has 0 saturated heterocycles. The van der Waals surface area contributed by atoms with E-state index < -0.39 is 11.7 Å². The standard InChI is InChI=1S/C18H24IN3O2/c1-17(2,3)18(24-16(21)23)8-6-13(7-9-18)22-15-10-12(11-20)4-5-14(15)19/h4-5,10,13,22H,6-9H2,1-3H3,(H2,21,23). The van der Waals surface area contributed by atoms with E-state index in [9.17, 15) is 4.79 Å². The second-order valence-electron chi connectivity index (χ2n) is 7.39. The highest BCUT2D eigenvalue weighted by molar-refractivity contribution is 14.1. The first kappa shape index (κ1) is 18.8. The van der Waals surface area contributed by atoms with E-state index in [4.69, 9.17) is 15.7 Å². The highest BCUT2D eigenvalue weighted by atomic mass is 127. The van der Waals surface area contributed by atoms with Crippen molar-refractivity contribution in [1.29, 1.82) is 5.26 Å². The number of hydrogen-bond acceptors (Lipinski definition) is 4. The number of nitrogens with one attached hydrogen (secondary N) is 1. The molecular formula is C18H24IN3O2. The average Bonchev–Trinajstić information content (AvgIpc) is 2.50. The SMILES string of the molecule is CC(C)(C)C1(OC(N)=O)CCC(Nc2cc(C#N)ccc2I)CC1. The number of nitrogens with two attached hydrogens (primary N) is 1. The summed E-state index contributed by atoms with van der Waals surface area (Å²) in [7, 11) is 0. The van der Waals surface area contributed by atoms with E-state index in [-0.39, 0.29) is 5.41 Å². The molecule has 0 bridgehead atoms. The Morgan fingerprint density at radius 1 is 1.42 bits per heavy atom. The number of rotatable bonds is 3. The summed E-state index contributed by atoms with van der Waals surface area (Å²) >= 11 is 2.27. The number of carbonyl (C=O) groups is 1. The van der Waals surface area contributed by atoms with Gasteiger partial charge in [-0.3, -0.25) is 0 Å². The smallest absolute Gasteiger partial charge is 0.405 e. The van der Waals surface area contributed by atoms with E-state index in [0.29, 0.717) is 11.6 Å². The summed E-state index contributed by atoms with van der Waals surface area (Å²) < 4.78 is 6.66. The zero-order valence-electron chi connectivity index (χ0n) is 14.4. The first-order valence-corrected chi connectivity index (χ1v) is 9.19. The summed E-state index contributed by atoms with van der Waals surface area (Å²) in [5.74, 6) is 0. The molecule has 1 amide bonds. The van der Waals surface area contributed by atoms with Gasteiger partial charge in [0.1, 0.15) is 5.60 Å². The number of halogens is 1. The lowest BCUT2D eigenvalue weighted by molar-refractivity contribution is -0.0904. The summed E-state index contributed by atoms with van der Waals surface area (Å²) in [5, 5.41) is 12.6. The minimum absolute atomic E-state index is 0.165. The second-order valence-corrected chi connectivity index (χ2v) is 8.55. The zero-order valence-corrected chi connectivity index (χ0v) is 16.5. The van der Waals surface area contributed by atoms with Crippen LogP contribution in [-0.2, 0) is 4.74 Å². The predicted molar refractivity (Wildman–Crippen MR) is 103 cm³/mol. The number of ether oxygens (including phenoxy) is 1. The minimum atomic E-state index is -0.701. The van der Waals surface area contributed by atoms with Crippen LogP contribution in [0, 0.1) is 20.3 Å². The van der Waals surface area contributed by atoms with Crippen molar-refractivity contribution in [2.45, 2.75) is 58.1 Å². The van der Waals surface area contributed by atoms with E-state index in [2.05, 4.69) is 54.7 Å². The molecule has 1 aromatic rings. The van der Waals surface area contributed by atoms with Crippen molar-refractivity contribution >= 4 is 34.4 Å². The fourth-order valence-corrected chi connectivity index (χ4v) is 3.84. The summed E-state index contributed by atoms with van der Waals surface area (Å²) in [5.41, 5.74) is 6.26. The molecule has 0 atom stereocenters. The van der Waals surface area contributed by atoms with E-state index in [1.165, 1.54) is 0 Å². The van der Waals surface area contributed by atoms with Crippen LogP contribution in [0.25, 0.3) is 0 Å². The minimum Gasteiger partial charge on any atom is -0.443 e. The third-order valence-corrected chi connectivity index (χ3v) is 5.85. The van der Waals surface area contributed by atoms with Crippen LogP contribution in [0.4, 0.5) is 10.5 Å². The van der Waals surface area contributed by atoms with Crippen LogP contribution in [0.1, 0.15) is 52.0 Å². The van der Waals surface area contributed by atoms with Gasteiger partial charge in [0.2, 0.25) is 0 Å². The van der Waals surface area contributed by atoms with Crippen LogP contribution < -0.4 is 11.1 Å². The molecule has 3 N–H and O–H groups in total. The van der Waals surface area contributed by atoms with E-state index in [1.54, 1.807) is 0 Å². The topological polar surface area (TPSA) is 88.1 Å². The van der Waals surface area contributed by atoms with Crippen molar-refractivity contribution in [2.75, 3.05) is 5.32 Å². The van der Waals surface area contributed by atoms with Crippen molar-refractivity contribution < 1.29 is 9.53 Å². The van der Waals surface area contributed by atoms with Crippen LogP contribution in [-0.4, -0.2) is 17.7 Å². The average molecular weight is 441 g/mol. The molecule has 0 radical (unpaired) electrons. The van der Waals surface area contributed by atoms with Gasteiger partial charge in [-0.25, -0.2) is 4.79 Å². The maximum absolute atomic E-state index is 11.4. The molecule has 0 heterocycles. The quantitative estimate of drug-likeness (QED) is 0.681. The summed E-state index contributed by atoms with van der Waals surface area (Å²) in [4.78, 5) is 11.4. The van der Waals surface area contributed by atoms with Crippen molar-refractivity contribution in [3.05, 3.63) is 27.3 Å². The van der Waals surface area contributed by atoms with Gasteiger partial charge in [-0.1, -0.05) is 20.8 Å². The molecule has 24 heavy (non-hydrogen) atoms. The van der Waals surface area contributed by atoms with Gasteiger partial charge in [0.25, 0.3) is 0 Å². The number of benzene rings is 1.